The van der Waals surface area contributed by atoms with E-state index in [1.54, 1.807) is 38.3 Å². The van der Waals surface area contributed by atoms with E-state index in [2.05, 4.69) is 10.6 Å². The van der Waals surface area contributed by atoms with Gasteiger partial charge in [0.2, 0.25) is 5.91 Å². The highest BCUT2D eigenvalue weighted by atomic mass is 16.5. The predicted molar refractivity (Wildman–Crippen MR) is 101 cm³/mol. The third-order valence-electron chi connectivity index (χ3n) is 4.65. The van der Waals surface area contributed by atoms with E-state index in [9.17, 15) is 14.4 Å². The molecule has 1 saturated heterocycles. The Labute approximate surface area is 159 Å². The molecule has 0 saturated carbocycles. The van der Waals surface area contributed by atoms with Crippen molar-refractivity contribution in [3.63, 3.8) is 0 Å². The Kier molecular flexibility index (Phi) is 6.43. The summed E-state index contributed by atoms with van der Waals surface area (Å²) < 4.78 is 5.12. The van der Waals surface area contributed by atoms with Crippen LogP contribution >= 0.6 is 0 Å². The largest absolute Gasteiger partial charge is 0.497 e. The number of ether oxygens (including phenoxy) is 1. The van der Waals surface area contributed by atoms with E-state index < -0.39 is 23.4 Å². The van der Waals surface area contributed by atoms with Crippen LogP contribution < -0.4 is 21.1 Å². The molecule has 0 aromatic heterocycles. The Morgan fingerprint density at radius 2 is 1.93 bits per heavy atom. The monoisotopic (exact) mass is 376 g/mol. The molecule has 1 aliphatic rings. The van der Waals surface area contributed by atoms with Gasteiger partial charge in [-0.2, -0.15) is 0 Å². The van der Waals surface area contributed by atoms with Crippen molar-refractivity contribution in [2.45, 2.75) is 38.8 Å². The van der Waals surface area contributed by atoms with Crippen molar-refractivity contribution in [3.8, 4) is 5.75 Å². The van der Waals surface area contributed by atoms with Gasteiger partial charge in [0.05, 0.1) is 7.11 Å². The maximum atomic E-state index is 12.9. The van der Waals surface area contributed by atoms with Crippen molar-refractivity contribution in [1.29, 1.82) is 0 Å². The van der Waals surface area contributed by atoms with E-state index in [1.165, 1.54) is 0 Å². The summed E-state index contributed by atoms with van der Waals surface area (Å²) in [5, 5.41) is 5.47. The van der Waals surface area contributed by atoms with Crippen LogP contribution in [-0.2, 0) is 15.1 Å². The third-order valence-corrected chi connectivity index (χ3v) is 4.65. The minimum Gasteiger partial charge on any atom is -0.497 e. The number of nitrogens with two attached hydrogens (primary N) is 1. The van der Waals surface area contributed by atoms with Crippen LogP contribution in [0.2, 0.25) is 0 Å². The van der Waals surface area contributed by atoms with Crippen LogP contribution in [0.1, 0.15) is 32.8 Å². The molecule has 2 unspecified atom stereocenters. The standard InChI is InChI=1S/C19H28N4O4/c1-12(2)9-14(10-20)21-16(24)11-23-17(25)19(3,22-18(23)26)13-5-7-15(27-4)8-6-13/h5-8,12,14H,9-11,20H2,1-4H3,(H,21,24)(H,22,26). The van der Waals surface area contributed by atoms with E-state index in [4.69, 9.17) is 10.5 Å². The van der Waals surface area contributed by atoms with Crippen LogP contribution in [0, 0.1) is 5.92 Å². The molecule has 0 radical (unpaired) electrons. The van der Waals surface area contributed by atoms with E-state index >= 15 is 0 Å². The Morgan fingerprint density at radius 3 is 2.44 bits per heavy atom. The molecule has 2 rings (SSSR count). The fourth-order valence-corrected chi connectivity index (χ4v) is 3.16. The number of amides is 4. The smallest absolute Gasteiger partial charge is 0.325 e. The maximum Gasteiger partial charge on any atom is 0.325 e. The van der Waals surface area contributed by atoms with Gasteiger partial charge >= 0.3 is 6.03 Å². The molecule has 1 heterocycles. The van der Waals surface area contributed by atoms with Gasteiger partial charge in [-0.25, -0.2) is 4.79 Å². The van der Waals surface area contributed by atoms with Crippen molar-refractivity contribution in [1.82, 2.24) is 15.5 Å². The van der Waals surface area contributed by atoms with E-state index in [0.29, 0.717) is 23.8 Å². The Hall–Kier alpha value is -2.61. The number of urea groups is 1. The maximum absolute atomic E-state index is 12.9. The lowest BCUT2D eigenvalue weighted by Crippen LogP contribution is -2.47. The Morgan fingerprint density at radius 1 is 1.30 bits per heavy atom. The zero-order valence-corrected chi connectivity index (χ0v) is 16.2. The summed E-state index contributed by atoms with van der Waals surface area (Å²) in [5.41, 5.74) is 5.08. The van der Waals surface area contributed by atoms with Gasteiger partial charge in [-0.1, -0.05) is 26.0 Å². The van der Waals surface area contributed by atoms with Gasteiger partial charge in [-0.05, 0) is 37.0 Å². The number of hydrogen-bond acceptors (Lipinski definition) is 5. The molecule has 8 heteroatoms. The van der Waals surface area contributed by atoms with Crippen molar-refractivity contribution >= 4 is 17.8 Å². The first kappa shape index (κ1) is 20.7. The second kappa shape index (κ2) is 8.39. The van der Waals surface area contributed by atoms with Crippen LogP contribution in [0.25, 0.3) is 0 Å². The summed E-state index contributed by atoms with van der Waals surface area (Å²) in [4.78, 5) is 38.4. The number of methoxy groups -OCH3 is 1. The molecule has 27 heavy (non-hydrogen) atoms. The first-order chi connectivity index (χ1) is 12.7. The highest BCUT2D eigenvalue weighted by Crippen LogP contribution is 2.29. The normalized spacial score (nSPS) is 20.6. The average Bonchev–Trinajstić information content (AvgIpc) is 2.85. The lowest BCUT2D eigenvalue weighted by atomic mass is 9.92. The summed E-state index contributed by atoms with van der Waals surface area (Å²) >= 11 is 0. The molecule has 0 aliphatic carbocycles. The van der Waals surface area contributed by atoms with Gasteiger partial charge in [-0.15, -0.1) is 0 Å². The van der Waals surface area contributed by atoms with Crippen LogP contribution in [-0.4, -0.2) is 49.0 Å². The van der Waals surface area contributed by atoms with Crippen LogP contribution in [0.4, 0.5) is 4.79 Å². The van der Waals surface area contributed by atoms with Gasteiger partial charge in [-0.3, -0.25) is 14.5 Å². The Balaban J connectivity index is 2.09. The number of hydrogen-bond donors (Lipinski definition) is 3. The number of carbonyl (C=O) groups excluding carboxylic acids is 3. The molecule has 1 aliphatic heterocycles. The molecule has 1 fully saturated rings. The summed E-state index contributed by atoms with van der Waals surface area (Å²) in [5.74, 6) is 0.136. The molecule has 148 valence electrons. The van der Waals surface area contributed by atoms with Gasteiger partial charge in [0.1, 0.15) is 17.8 Å². The van der Waals surface area contributed by atoms with E-state index in [1.807, 2.05) is 13.8 Å². The number of benzene rings is 1. The van der Waals surface area contributed by atoms with Gasteiger partial charge in [0.25, 0.3) is 5.91 Å². The lowest BCUT2D eigenvalue weighted by Gasteiger charge is -2.23. The van der Waals surface area contributed by atoms with Crippen LogP contribution in [0.15, 0.2) is 24.3 Å². The topological polar surface area (TPSA) is 114 Å². The molecule has 0 spiro atoms. The summed E-state index contributed by atoms with van der Waals surface area (Å²) in [6.45, 7) is 5.64. The average molecular weight is 376 g/mol. The molecular weight excluding hydrogens is 348 g/mol. The van der Waals surface area contributed by atoms with Crippen LogP contribution in [0.3, 0.4) is 0 Å². The molecule has 2 atom stereocenters. The molecule has 0 bridgehead atoms. The van der Waals surface area contributed by atoms with Gasteiger partial charge in [0.15, 0.2) is 0 Å². The van der Waals surface area contributed by atoms with E-state index in [-0.39, 0.29) is 12.6 Å². The SMILES string of the molecule is COc1ccc(C2(C)NC(=O)N(CC(=O)NC(CN)CC(C)C)C2=O)cc1. The molecule has 4 N–H and O–H groups in total. The Bertz CT molecular complexity index is 704. The number of carbonyl (C=O) groups is 3. The summed E-state index contributed by atoms with van der Waals surface area (Å²) in [6.07, 6.45) is 0.728. The summed E-state index contributed by atoms with van der Waals surface area (Å²) in [7, 11) is 1.55. The lowest BCUT2D eigenvalue weighted by molar-refractivity contribution is -0.135. The van der Waals surface area contributed by atoms with Gasteiger partial charge < -0.3 is 21.1 Å². The number of nitrogens with one attached hydrogen (secondary N) is 2. The minimum atomic E-state index is -1.23. The fraction of sp³-hybridized carbons (Fsp3) is 0.526. The number of imide groups is 1. The molecule has 1 aromatic rings. The van der Waals surface area contributed by atoms with Crippen molar-refractivity contribution in [2.24, 2.45) is 11.7 Å². The number of nitrogens with zero attached hydrogens (tertiary/aromatic N) is 1. The first-order valence-electron chi connectivity index (χ1n) is 8.99. The van der Waals surface area contributed by atoms with Crippen molar-refractivity contribution in [2.75, 3.05) is 20.2 Å². The van der Waals surface area contributed by atoms with E-state index in [0.717, 1.165) is 11.3 Å². The fourth-order valence-electron chi connectivity index (χ4n) is 3.16. The van der Waals surface area contributed by atoms with Crippen LogP contribution in [0.5, 0.6) is 5.75 Å². The molecule has 8 nitrogen and oxygen atoms in total. The minimum absolute atomic E-state index is 0.189. The zero-order chi connectivity index (χ0) is 20.2. The number of rotatable bonds is 8. The highest BCUT2D eigenvalue weighted by Gasteiger charge is 2.49. The predicted octanol–water partition coefficient (Wildman–Crippen LogP) is 0.952. The molecule has 4 amide bonds. The van der Waals surface area contributed by atoms with Crippen molar-refractivity contribution < 1.29 is 19.1 Å². The molecule has 1 aromatic carbocycles. The molecular formula is C19H28N4O4. The van der Waals surface area contributed by atoms with Gasteiger partial charge in [0, 0.05) is 12.6 Å². The first-order valence-corrected chi connectivity index (χ1v) is 8.99. The van der Waals surface area contributed by atoms with Crippen molar-refractivity contribution in [3.05, 3.63) is 29.8 Å². The summed E-state index contributed by atoms with van der Waals surface area (Å²) in [6, 6.07) is 6.08. The highest BCUT2D eigenvalue weighted by molar-refractivity contribution is 6.09. The second-order valence-corrected chi connectivity index (χ2v) is 7.30. The second-order valence-electron chi connectivity index (χ2n) is 7.30. The zero-order valence-electron chi connectivity index (χ0n) is 16.2. The quantitative estimate of drug-likeness (QED) is 0.585. The third kappa shape index (κ3) is 4.57.